The molecule has 5 heteroatoms. The number of aliphatic hydroxyl groups is 1. The molecule has 0 saturated carbocycles. The van der Waals surface area contributed by atoms with Crippen molar-refractivity contribution in [1.82, 2.24) is 5.32 Å². The summed E-state index contributed by atoms with van der Waals surface area (Å²) in [6, 6.07) is 5.09. The highest BCUT2D eigenvalue weighted by molar-refractivity contribution is 6.34. The third-order valence-corrected chi connectivity index (χ3v) is 3.09. The first-order valence-electron chi connectivity index (χ1n) is 6.15. The smallest absolute Gasteiger partial charge is 0.243 e. The second kappa shape index (κ2) is 8.97. The average Bonchev–Trinajstić information content (AvgIpc) is 2.39. The molecule has 0 saturated heterocycles. The number of hydrogen-bond acceptors (Lipinski definition) is 2. The van der Waals surface area contributed by atoms with Crippen molar-refractivity contribution in [2.45, 2.75) is 19.3 Å². The summed E-state index contributed by atoms with van der Waals surface area (Å²) in [5, 5.41) is 12.5. The molecule has 1 aromatic carbocycles. The number of amides is 1. The van der Waals surface area contributed by atoms with Gasteiger partial charge in [-0.25, -0.2) is 0 Å². The van der Waals surface area contributed by atoms with Crippen molar-refractivity contribution in [1.29, 1.82) is 0 Å². The van der Waals surface area contributed by atoms with Crippen LogP contribution in [0.3, 0.4) is 0 Å². The van der Waals surface area contributed by atoms with Gasteiger partial charge in [0.25, 0.3) is 0 Å². The van der Waals surface area contributed by atoms with Gasteiger partial charge >= 0.3 is 0 Å². The van der Waals surface area contributed by atoms with Gasteiger partial charge in [-0.3, -0.25) is 4.79 Å². The van der Waals surface area contributed by atoms with Gasteiger partial charge in [0.05, 0.1) is 0 Å². The molecule has 0 aliphatic heterocycles. The lowest BCUT2D eigenvalue weighted by molar-refractivity contribution is -0.116. The van der Waals surface area contributed by atoms with Crippen molar-refractivity contribution in [3.63, 3.8) is 0 Å². The van der Waals surface area contributed by atoms with Gasteiger partial charge in [0, 0.05) is 29.3 Å². The van der Waals surface area contributed by atoms with Gasteiger partial charge in [-0.1, -0.05) is 23.2 Å². The maximum Gasteiger partial charge on any atom is 0.243 e. The Labute approximate surface area is 123 Å². The molecule has 0 aliphatic rings. The van der Waals surface area contributed by atoms with E-state index in [9.17, 15) is 4.79 Å². The van der Waals surface area contributed by atoms with E-state index in [2.05, 4.69) is 5.32 Å². The van der Waals surface area contributed by atoms with Crippen LogP contribution < -0.4 is 5.32 Å². The van der Waals surface area contributed by atoms with Gasteiger partial charge in [-0.2, -0.15) is 0 Å². The average molecular weight is 302 g/mol. The lowest BCUT2D eigenvalue weighted by Gasteiger charge is -2.02. The van der Waals surface area contributed by atoms with E-state index < -0.39 is 0 Å². The van der Waals surface area contributed by atoms with Crippen molar-refractivity contribution in [3.05, 3.63) is 39.9 Å². The number of hydrogen-bond donors (Lipinski definition) is 2. The highest BCUT2D eigenvalue weighted by Crippen LogP contribution is 2.21. The standard InChI is InChI=1S/C14H17Cl2NO2/c15-12-5-6-13(16)11(10-12)4-7-14(19)17-8-2-1-3-9-18/h4-7,10,18H,1-3,8-9H2,(H,17,19)/b7-4+. The summed E-state index contributed by atoms with van der Waals surface area (Å²) in [4.78, 5) is 11.5. The Morgan fingerprint density at radius 3 is 2.79 bits per heavy atom. The molecule has 1 aromatic rings. The van der Waals surface area contributed by atoms with Crippen LogP contribution in [0.25, 0.3) is 6.08 Å². The summed E-state index contributed by atoms with van der Waals surface area (Å²) >= 11 is 11.8. The third kappa shape index (κ3) is 6.62. The molecule has 0 heterocycles. The maximum absolute atomic E-state index is 11.5. The molecule has 0 atom stereocenters. The minimum absolute atomic E-state index is 0.167. The summed E-state index contributed by atoms with van der Waals surface area (Å²) in [7, 11) is 0. The van der Waals surface area contributed by atoms with Crippen molar-refractivity contribution in [2.24, 2.45) is 0 Å². The zero-order valence-electron chi connectivity index (χ0n) is 10.5. The fourth-order valence-corrected chi connectivity index (χ4v) is 1.85. The molecule has 0 aromatic heterocycles. The topological polar surface area (TPSA) is 49.3 Å². The summed E-state index contributed by atoms with van der Waals surface area (Å²) in [6.07, 6.45) is 5.60. The van der Waals surface area contributed by atoms with E-state index in [0.717, 1.165) is 19.3 Å². The lowest BCUT2D eigenvalue weighted by atomic mass is 10.2. The normalized spacial score (nSPS) is 10.9. The van der Waals surface area contributed by atoms with Crippen molar-refractivity contribution in [3.8, 4) is 0 Å². The van der Waals surface area contributed by atoms with Crippen molar-refractivity contribution in [2.75, 3.05) is 13.2 Å². The Morgan fingerprint density at radius 1 is 1.26 bits per heavy atom. The van der Waals surface area contributed by atoms with Crippen LogP contribution in [0.2, 0.25) is 10.0 Å². The number of halogens is 2. The number of nitrogens with one attached hydrogen (secondary N) is 1. The fraction of sp³-hybridized carbons (Fsp3) is 0.357. The van der Waals surface area contributed by atoms with E-state index in [0.29, 0.717) is 22.2 Å². The van der Waals surface area contributed by atoms with E-state index in [4.69, 9.17) is 28.3 Å². The fourth-order valence-electron chi connectivity index (χ4n) is 1.49. The summed E-state index contributed by atoms with van der Waals surface area (Å²) in [5.41, 5.74) is 0.713. The first-order valence-corrected chi connectivity index (χ1v) is 6.91. The second-order valence-electron chi connectivity index (χ2n) is 4.07. The minimum Gasteiger partial charge on any atom is -0.396 e. The monoisotopic (exact) mass is 301 g/mol. The van der Waals surface area contributed by atoms with Crippen LogP contribution in [0.15, 0.2) is 24.3 Å². The summed E-state index contributed by atoms with van der Waals surface area (Å²) < 4.78 is 0. The predicted octanol–water partition coefficient (Wildman–Crippen LogP) is 3.29. The van der Waals surface area contributed by atoms with Crippen LogP contribution in [0.5, 0.6) is 0 Å². The van der Waals surface area contributed by atoms with Gasteiger partial charge in [0.1, 0.15) is 0 Å². The Hall–Kier alpha value is -1.03. The number of unbranched alkanes of at least 4 members (excludes halogenated alkanes) is 2. The van der Waals surface area contributed by atoms with Crippen molar-refractivity contribution < 1.29 is 9.90 Å². The maximum atomic E-state index is 11.5. The highest BCUT2D eigenvalue weighted by Gasteiger charge is 1.99. The lowest BCUT2D eigenvalue weighted by Crippen LogP contribution is -2.22. The Bertz CT molecular complexity index is 447. The SMILES string of the molecule is O=C(/C=C/c1cc(Cl)ccc1Cl)NCCCCCO. The summed E-state index contributed by atoms with van der Waals surface area (Å²) in [6.45, 7) is 0.799. The molecular weight excluding hydrogens is 285 g/mol. The summed E-state index contributed by atoms with van der Waals surface area (Å²) in [5.74, 6) is -0.167. The molecule has 2 N–H and O–H groups in total. The van der Waals surface area contributed by atoms with Gasteiger partial charge in [0.2, 0.25) is 5.91 Å². The molecule has 0 spiro atoms. The predicted molar refractivity (Wildman–Crippen MR) is 79.4 cm³/mol. The minimum atomic E-state index is -0.167. The van der Waals surface area contributed by atoms with Crippen LogP contribution in [-0.4, -0.2) is 24.2 Å². The van der Waals surface area contributed by atoms with E-state index in [1.165, 1.54) is 6.08 Å². The zero-order chi connectivity index (χ0) is 14.1. The first-order chi connectivity index (χ1) is 9.13. The Morgan fingerprint density at radius 2 is 2.05 bits per heavy atom. The van der Waals surface area contributed by atoms with Crippen LogP contribution in [0.4, 0.5) is 0 Å². The van der Waals surface area contributed by atoms with Crippen LogP contribution in [0, 0.1) is 0 Å². The highest BCUT2D eigenvalue weighted by atomic mass is 35.5. The molecule has 3 nitrogen and oxygen atoms in total. The number of carbonyl (C=O) groups excluding carboxylic acids is 1. The molecule has 0 fully saturated rings. The Balaban J connectivity index is 2.39. The second-order valence-corrected chi connectivity index (χ2v) is 4.92. The zero-order valence-corrected chi connectivity index (χ0v) is 12.0. The van der Waals surface area contributed by atoms with E-state index in [-0.39, 0.29) is 12.5 Å². The molecule has 1 amide bonds. The van der Waals surface area contributed by atoms with E-state index in [1.807, 2.05) is 0 Å². The molecule has 19 heavy (non-hydrogen) atoms. The van der Waals surface area contributed by atoms with Gasteiger partial charge in [0.15, 0.2) is 0 Å². The number of benzene rings is 1. The van der Waals surface area contributed by atoms with E-state index >= 15 is 0 Å². The Kier molecular flexibility index (Phi) is 7.56. The van der Waals surface area contributed by atoms with Gasteiger partial charge < -0.3 is 10.4 Å². The largest absolute Gasteiger partial charge is 0.396 e. The van der Waals surface area contributed by atoms with Gasteiger partial charge in [-0.05, 0) is 49.1 Å². The molecule has 0 bridgehead atoms. The van der Waals surface area contributed by atoms with E-state index in [1.54, 1.807) is 24.3 Å². The van der Waals surface area contributed by atoms with Crippen LogP contribution >= 0.6 is 23.2 Å². The number of rotatable bonds is 7. The number of carbonyl (C=O) groups is 1. The molecule has 104 valence electrons. The molecule has 0 radical (unpaired) electrons. The molecule has 0 aliphatic carbocycles. The van der Waals surface area contributed by atoms with Crippen LogP contribution in [-0.2, 0) is 4.79 Å². The molecular formula is C14H17Cl2NO2. The molecule has 0 unspecified atom stereocenters. The molecule has 1 rings (SSSR count). The quantitative estimate of drug-likeness (QED) is 0.600. The van der Waals surface area contributed by atoms with Gasteiger partial charge in [-0.15, -0.1) is 0 Å². The van der Waals surface area contributed by atoms with Crippen molar-refractivity contribution >= 4 is 35.2 Å². The number of aliphatic hydroxyl groups excluding tert-OH is 1. The third-order valence-electron chi connectivity index (χ3n) is 2.51. The first kappa shape index (κ1) is 16.0. The van der Waals surface area contributed by atoms with Crippen LogP contribution in [0.1, 0.15) is 24.8 Å².